The summed E-state index contributed by atoms with van der Waals surface area (Å²) in [5.74, 6) is 0.728. The molecule has 2 N–H and O–H groups in total. The molecule has 0 spiro atoms. The molecule has 2 nitrogen and oxygen atoms in total. The summed E-state index contributed by atoms with van der Waals surface area (Å²) in [4.78, 5) is 0. The third kappa shape index (κ3) is 2.04. The van der Waals surface area contributed by atoms with Crippen LogP contribution in [0.2, 0.25) is 0 Å². The van der Waals surface area contributed by atoms with E-state index in [1.54, 1.807) is 17.8 Å². The number of hydrogen-bond acceptors (Lipinski definition) is 3. The van der Waals surface area contributed by atoms with Gasteiger partial charge >= 0.3 is 0 Å². The first kappa shape index (κ1) is 11.7. The summed E-state index contributed by atoms with van der Waals surface area (Å²) in [5.41, 5.74) is 7.71. The minimum absolute atomic E-state index is 0.0691. The molecular formula is C12H16FNOS. The molecular weight excluding hydrogens is 225 g/mol. The first-order valence-electron chi connectivity index (χ1n) is 5.36. The Labute approximate surface area is 99.4 Å². The number of nitrogens with two attached hydrogens (primary N) is 1. The molecule has 2 atom stereocenters. The zero-order chi connectivity index (χ0) is 11.7. The Morgan fingerprint density at radius 2 is 2.25 bits per heavy atom. The van der Waals surface area contributed by atoms with Crippen molar-refractivity contribution < 1.29 is 9.13 Å². The number of ether oxygens (including phenoxy) is 1. The van der Waals surface area contributed by atoms with Gasteiger partial charge in [0.05, 0.1) is 7.11 Å². The molecule has 1 aromatic carbocycles. The van der Waals surface area contributed by atoms with Crippen molar-refractivity contribution in [2.24, 2.45) is 5.73 Å². The van der Waals surface area contributed by atoms with Gasteiger partial charge < -0.3 is 10.5 Å². The molecule has 0 radical (unpaired) electrons. The third-order valence-corrected chi connectivity index (χ3v) is 4.18. The average molecular weight is 241 g/mol. The number of fused-ring (bicyclic) bond motifs is 1. The van der Waals surface area contributed by atoms with Crippen molar-refractivity contribution in [2.45, 2.75) is 30.4 Å². The maximum absolute atomic E-state index is 14.0. The summed E-state index contributed by atoms with van der Waals surface area (Å²) in [6, 6.07) is 3.48. The highest BCUT2D eigenvalue weighted by Gasteiger charge is 2.23. The van der Waals surface area contributed by atoms with Crippen LogP contribution in [-0.2, 0) is 5.75 Å². The van der Waals surface area contributed by atoms with Gasteiger partial charge in [-0.3, -0.25) is 0 Å². The lowest BCUT2D eigenvalue weighted by molar-refractivity contribution is 0.384. The van der Waals surface area contributed by atoms with E-state index in [-0.39, 0.29) is 11.9 Å². The number of rotatable bonds is 1. The van der Waals surface area contributed by atoms with Gasteiger partial charge in [-0.05, 0) is 18.1 Å². The van der Waals surface area contributed by atoms with Crippen LogP contribution < -0.4 is 10.5 Å². The topological polar surface area (TPSA) is 35.2 Å². The number of hydrogen-bond donors (Lipinski definition) is 1. The molecule has 4 heteroatoms. The van der Waals surface area contributed by atoms with E-state index in [1.807, 2.05) is 6.07 Å². The van der Waals surface area contributed by atoms with E-state index < -0.39 is 0 Å². The van der Waals surface area contributed by atoms with Crippen LogP contribution in [-0.4, -0.2) is 12.4 Å². The van der Waals surface area contributed by atoms with Crippen molar-refractivity contribution in [3.63, 3.8) is 0 Å². The van der Waals surface area contributed by atoms with Crippen molar-refractivity contribution in [1.82, 2.24) is 0 Å². The van der Waals surface area contributed by atoms with Gasteiger partial charge in [0.1, 0.15) is 0 Å². The lowest BCUT2D eigenvalue weighted by Crippen LogP contribution is -2.14. The standard InChI is InChI=1S/C12H16FNOS/c1-7-5-10(14)8-3-4-11(15-2)12(13)9(8)6-16-7/h3-4,7,10H,5-6,14H2,1-2H3. The first-order chi connectivity index (χ1) is 7.63. The fourth-order valence-electron chi connectivity index (χ4n) is 2.04. The SMILES string of the molecule is COc1ccc2c(c1F)CSC(C)CC2N. The summed E-state index contributed by atoms with van der Waals surface area (Å²) in [6.07, 6.45) is 0.892. The van der Waals surface area contributed by atoms with Gasteiger partial charge in [-0.1, -0.05) is 13.0 Å². The van der Waals surface area contributed by atoms with Crippen molar-refractivity contribution >= 4 is 11.8 Å². The molecule has 1 aliphatic rings. The van der Waals surface area contributed by atoms with E-state index in [1.165, 1.54) is 7.11 Å². The lowest BCUT2D eigenvalue weighted by Gasteiger charge is -2.15. The van der Waals surface area contributed by atoms with E-state index in [0.717, 1.165) is 12.0 Å². The molecule has 2 rings (SSSR count). The molecule has 0 aromatic heterocycles. The highest BCUT2D eigenvalue weighted by molar-refractivity contribution is 7.99. The van der Waals surface area contributed by atoms with Crippen molar-refractivity contribution in [3.05, 3.63) is 29.1 Å². The molecule has 0 bridgehead atoms. The number of thioether (sulfide) groups is 1. The summed E-state index contributed by atoms with van der Waals surface area (Å²) >= 11 is 1.74. The lowest BCUT2D eigenvalue weighted by atomic mass is 9.98. The Bertz CT molecular complexity index is 397. The molecule has 2 unspecified atom stereocenters. The summed E-state index contributed by atoms with van der Waals surface area (Å²) in [6.45, 7) is 2.13. The molecule has 1 aliphatic heterocycles. The van der Waals surface area contributed by atoms with E-state index in [0.29, 0.717) is 22.3 Å². The number of benzene rings is 1. The van der Waals surface area contributed by atoms with E-state index >= 15 is 0 Å². The second kappa shape index (κ2) is 4.63. The second-order valence-electron chi connectivity index (χ2n) is 4.11. The fraction of sp³-hybridized carbons (Fsp3) is 0.500. The molecule has 0 saturated carbocycles. The van der Waals surface area contributed by atoms with Gasteiger partial charge in [0.2, 0.25) is 0 Å². The van der Waals surface area contributed by atoms with Crippen LogP contribution in [0.5, 0.6) is 5.75 Å². The van der Waals surface area contributed by atoms with Gasteiger partial charge in [-0.2, -0.15) is 11.8 Å². The Morgan fingerprint density at radius 3 is 2.94 bits per heavy atom. The summed E-state index contributed by atoms with van der Waals surface area (Å²) < 4.78 is 19.0. The maximum Gasteiger partial charge on any atom is 0.169 e. The Morgan fingerprint density at radius 1 is 1.50 bits per heavy atom. The van der Waals surface area contributed by atoms with Gasteiger partial charge in [0.15, 0.2) is 11.6 Å². The fourth-order valence-corrected chi connectivity index (χ4v) is 3.13. The minimum atomic E-state index is -0.253. The summed E-state index contributed by atoms with van der Waals surface area (Å²) in [5, 5.41) is 0.466. The smallest absolute Gasteiger partial charge is 0.169 e. The van der Waals surface area contributed by atoms with Gasteiger partial charge in [-0.15, -0.1) is 0 Å². The van der Waals surface area contributed by atoms with Crippen LogP contribution in [0.4, 0.5) is 4.39 Å². The van der Waals surface area contributed by atoms with E-state index in [9.17, 15) is 4.39 Å². The maximum atomic E-state index is 14.0. The van der Waals surface area contributed by atoms with Crippen LogP contribution in [0.3, 0.4) is 0 Å². The van der Waals surface area contributed by atoms with E-state index in [2.05, 4.69) is 6.92 Å². The Hall–Kier alpha value is -0.740. The van der Waals surface area contributed by atoms with Crippen LogP contribution in [0.15, 0.2) is 12.1 Å². The third-order valence-electron chi connectivity index (χ3n) is 2.96. The molecule has 0 aliphatic carbocycles. The van der Waals surface area contributed by atoms with Crippen LogP contribution in [0, 0.1) is 5.82 Å². The van der Waals surface area contributed by atoms with Gasteiger partial charge in [-0.25, -0.2) is 4.39 Å². The van der Waals surface area contributed by atoms with Crippen molar-refractivity contribution in [3.8, 4) is 5.75 Å². The van der Waals surface area contributed by atoms with Crippen molar-refractivity contribution in [1.29, 1.82) is 0 Å². The number of halogens is 1. The highest BCUT2D eigenvalue weighted by Crippen LogP contribution is 2.37. The second-order valence-corrected chi connectivity index (χ2v) is 5.54. The minimum Gasteiger partial charge on any atom is -0.494 e. The molecule has 88 valence electrons. The zero-order valence-corrected chi connectivity index (χ0v) is 10.3. The molecule has 16 heavy (non-hydrogen) atoms. The van der Waals surface area contributed by atoms with E-state index in [4.69, 9.17) is 10.5 Å². The highest BCUT2D eigenvalue weighted by atomic mass is 32.2. The molecule has 1 heterocycles. The quantitative estimate of drug-likeness (QED) is 0.821. The van der Waals surface area contributed by atoms with Gasteiger partial charge in [0.25, 0.3) is 0 Å². The Kier molecular flexibility index (Phi) is 3.40. The molecule has 0 fully saturated rings. The Balaban J connectivity index is 2.47. The van der Waals surface area contributed by atoms with Crippen LogP contribution in [0.25, 0.3) is 0 Å². The predicted molar refractivity (Wildman–Crippen MR) is 65.3 cm³/mol. The predicted octanol–water partition coefficient (Wildman–Crippen LogP) is 2.86. The zero-order valence-electron chi connectivity index (χ0n) is 9.50. The first-order valence-corrected chi connectivity index (χ1v) is 6.40. The van der Waals surface area contributed by atoms with Crippen LogP contribution >= 0.6 is 11.8 Å². The largest absolute Gasteiger partial charge is 0.494 e. The van der Waals surface area contributed by atoms with Gasteiger partial charge in [0, 0.05) is 22.6 Å². The number of methoxy groups -OCH3 is 1. The van der Waals surface area contributed by atoms with Crippen LogP contribution in [0.1, 0.15) is 30.5 Å². The summed E-state index contributed by atoms with van der Waals surface area (Å²) in [7, 11) is 1.48. The molecule has 0 amide bonds. The normalized spacial score (nSPS) is 24.8. The average Bonchev–Trinajstić information content (AvgIpc) is 2.40. The van der Waals surface area contributed by atoms with Crippen molar-refractivity contribution in [2.75, 3.05) is 7.11 Å². The monoisotopic (exact) mass is 241 g/mol. The molecule has 0 saturated heterocycles. The molecule has 1 aromatic rings.